The minimum absolute atomic E-state index is 0.487. The molecule has 2 N–H and O–H groups in total. The molecule has 4 heteroatoms. The fourth-order valence-corrected chi connectivity index (χ4v) is 1.59. The van der Waals surface area contributed by atoms with E-state index in [9.17, 15) is 0 Å². The highest BCUT2D eigenvalue weighted by molar-refractivity contribution is 5.58. The van der Waals surface area contributed by atoms with Gasteiger partial charge in [0, 0.05) is 17.3 Å². The maximum atomic E-state index is 5.70. The summed E-state index contributed by atoms with van der Waals surface area (Å²) in [5, 5.41) is 0. The zero-order chi connectivity index (χ0) is 12.3. The predicted octanol–water partition coefficient (Wildman–Crippen LogP) is 2.43. The van der Waals surface area contributed by atoms with Gasteiger partial charge in [0.2, 0.25) is 0 Å². The van der Waals surface area contributed by atoms with Crippen molar-refractivity contribution in [2.45, 2.75) is 13.8 Å². The van der Waals surface area contributed by atoms with Crippen LogP contribution in [0.4, 0.5) is 5.82 Å². The molecule has 0 amide bonds. The highest BCUT2D eigenvalue weighted by atomic mass is 16.5. The van der Waals surface area contributed by atoms with Gasteiger partial charge in [0.1, 0.15) is 11.6 Å². The summed E-state index contributed by atoms with van der Waals surface area (Å²) in [6.07, 6.45) is 0. The number of nitrogen functional groups attached to an aromatic ring is 1. The van der Waals surface area contributed by atoms with Gasteiger partial charge in [0.05, 0.1) is 6.61 Å². The summed E-state index contributed by atoms with van der Waals surface area (Å²) in [6, 6.07) is 9.41. The van der Waals surface area contributed by atoms with E-state index < -0.39 is 0 Å². The van der Waals surface area contributed by atoms with Crippen LogP contribution >= 0.6 is 0 Å². The molecule has 0 aliphatic rings. The maximum absolute atomic E-state index is 5.70. The van der Waals surface area contributed by atoms with Gasteiger partial charge in [-0.3, -0.25) is 0 Å². The lowest BCUT2D eigenvalue weighted by Crippen LogP contribution is -1.97. The van der Waals surface area contributed by atoms with E-state index in [1.807, 2.05) is 38.1 Å². The summed E-state index contributed by atoms with van der Waals surface area (Å²) in [5.41, 5.74) is 7.50. The van der Waals surface area contributed by atoms with Crippen LogP contribution in [0, 0.1) is 6.92 Å². The molecule has 1 aromatic heterocycles. The van der Waals surface area contributed by atoms with Crippen LogP contribution in [0.3, 0.4) is 0 Å². The van der Waals surface area contributed by atoms with Crippen molar-refractivity contribution in [1.29, 1.82) is 0 Å². The smallest absolute Gasteiger partial charge is 0.161 e. The standard InChI is InChI=1S/C13H15N3O/c1-3-17-11-6-4-10(5-7-11)13-15-9(2)8-12(14)16-13/h4-8H,3H2,1-2H3,(H2,14,15,16). The van der Waals surface area contributed by atoms with E-state index in [0.717, 1.165) is 17.0 Å². The van der Waals surface area contributed by atoms with Crippen LogP contribution in [-0.2, 0) is 0 Å². The fourth-order valence-electron chi connectivity index (χ4n) is 1.59. The summed E-state index contributed by atoms with van der Waals surface area (Å²) in [4.78, 5) is 8.55. The van der Waals surface area contributed by atoms with Gasteiger partial charge < -0.3 is 10.5 Å². The van der Waals surface area contributed by atoms with Crippen LogP contribution < -0.4 is 10.5 Å². The molecule has 4 nitrogen and oxygen atoms in total. The first-order valence-corrected chi connectivity index (χ1v) is 5.53. The zero-order valence-electron chi connectivity index (χ0n) is 9.97. The van der Waals surface area contributed by atoms with Crippen molar-refractivity contribution in [3.8, 4) is 17.1 Å². The Hall–Kier alpha value is -2.10. The second-order valence-corrected chi connectivity index (χ2v) is 3.72. The van der Waals surface area contributed by atoms with Crippen molar-refractivity contribution in [1.82, 2.24) is 9.97 Å². The molecule has 0 saturated carbocycles. The van der Waals surface area contributed by atoms with Gasteiger partial charge >= 0.3 is 0 Å². The Balaban J connectivity index is 2.32. The number of hydrogen-bond donors (Lipinski definition) is 1. The van der Waals surface area contributed by atoms with Gasteiger partial charge in [0.15, 0.2) is 5.82 Å². The molecule has 0 spiro atoms. The lowest BCUT2D eigenvalue weighted by Gasteiger charge is -2.05. The lowest BCUT2D eigenvalue weighted by atomic mass is 10.2. The first-order chi connectivity index (χ1) is 8.19. The Morgan fingerprint density at radius 2 is 1.88 bits per heavy atom. The molecule has 0 fully saturated rings. The van der Waals surface area contributed by atoms with E-state index in [0.29, 0.717) is 18.2 Å². The highest BCUT2D eigenvalue weighted by Gasteiger charge is 2.03. The average molecular weight is 229 g/mol. The molecule has 1 heterocycles. The number of rotatable bonds is 3. The van der Waals surface area contributed by atoms with Crippen LogP contribution in [0.1, 0.15) is 12.6 Å². The van der Waals surface area contributed by atoms with Crippen molar-refractivity contribution in [3.63, 3.8) is 0 Å². The third kappa shape index (κ3) is 2.72. The van der Waals surface area contributed by atoms with Crippen molar-refractivity contribution in [2.24, 2.45) is 0 Å². The third-order valence-electron chi connectivity index (χ3n) is 2.30. The summed E-state index contributed by atoms with van der Waals surface area (Å²) in [5.74, 6) is 1.98. The van der Waals surface area contributed by atoms with Crippen molar-refractivity contribution >= 4 is 5.82 Å². The number of hydrogen-bond acceptors (Lipinski definition) is 4. The van der Waals surface area contributed by atoms with E-state index in [2.05, 4.69) is 9.97 Å². The molecule has 0 atom stereocenters. The van der Waals surface area contributed by atoms with Gasteiger partial charge in [-0.1, -0.05) is 0 Å². The summed E-state index contributed by atoms with van der Waals surface area (Å²) in [6.45, 7) is 4.52. The molecular weight excluding hydrogens is 214 g/mol. The van der Waals surface area contributed by atoms with E-state index in [1.54, 1.807) is 6.07 Å². The molecular formula is C13H15N3O. The average Bonchev–Trinajstić information content (AvgIpc) is 2.29. The summed E-state index contributed by atoms with van der Waals surface area (Å²) in [7, 11) is 0. The second kappa shape index (κ2) is 4.82. The molecule has 0 bridgehead atoms. The Labute approximate surface area is 100 Å². The molecule has 0 unspecified atom stereocenters. The largest absolute Gasteiger partial charge is 0.494 e. The Morgan fingerprint density at radius 3 is 2.47 bits per heavy atom. The molecule has 0 radical (unpaired) electrons. The molecule has 2 rings (SSSR count). The topological polar surface area (TPSA) is 61.0 Å². The maximum Gasteiger partial charge on any atom is 0.161 e. The van der Waals surface area contributed by atoms with Gasteiger partial charge in [-0.2, -0.15) is 0 Å². The van der Waals surface area contributed by atoms with Crippen LogP contribution in [0.15, 0.2) is 30.3 Å². The number of anilines is 1. The number of nitrogens with two attached hydrogens (primary N) is 1. The van der Waals surface area contributed by atoms with Gasteiger partial charge in [-0.15, -0.1) is 0 Å². The monoisotopic (exact) mass is 229 g/mol. The Bertz CT molecular complexity index is 488. The Morgan fingerprint density at radius 1 is 1.18 bits per heavy atom. The molecule has 0 aliphatic carbocycles. The molecule has 1 aromatic carbocycles. The molecule has 0 saturated heterocycles. The van der Waals surface area contributed by atoms with Crippen LogP contribution in [0.2, 0.25) is 0 Å². The molecule has 88 valence electrons. The van der Waals surface area contributed by atoms with E-state index in [4.69, 9.17) is 10.5 Å². The fraction of sp³-hybridized carbons (Fsp3) is 0.231. The van der Waals surface area contributed by atoms with Crippen LogP contribution in [0.25, 0.3) is 11.4 Å². The molecule has 17 heavy (non-hydrogen) atoms. The summed E-state index contributed by atoms with van der Waals surface area (Å²) >= 11 is 0. The van der Waals surface area contributed by atoms with Gasteiger partial charge in [0.25, 0.3) is 0 Å². The van der Waals surface area contributed by atoms with Gasteiger partial charge in [-0.05, 0) is 38.1 Å². The van der Waals surface area contributed by atoms with Gasteiger partial charge in [-0.25, -0.2) is 9.97 Å². The van der Waals surface area contributed by atoms with Crippen LogP contribution in [-0.4, -0.2) is 16.6 Å². The van der Waals surface area contributed by atoms with Crippen LogP contribution in [0.5, 0.6) is 5.75 Å². The molecule has 0 aliphatic heterocycles. The Kier molecular flexibility index (Phi) is 3.23. The normalized spacial score (nSPS) is 10.2. The van der Waals surface area contributed by atoms with E-state index in [1.165, 1.54) is 0 Å². The highest BCUT2D eigenvalue weighted by Crippen LogP contribution is 2.20. The minimum Gasteiger partial charge on any atom is -0.494 e. The summed E-state index contributed by atoms with van der Waals surface area (Å²) < 4.78 is 5.38. The predicted molar refractivity (Wildman–Crippen MR) is 67.8 cm³/mol. The SMILES string of the molecule is CCOc1ccc(-c2nc(C)cc(N)n2)cc1. The number of nitrogens with zero attached hydrogens (tertiary/aromatic N) is 2. The number of benzene rings is 1. The number of aromatic nitrogens is 2. The van der Waals surface area contributed by atoms with Crippen molar-refractivity contribution in [2.75, 3.05) is 12.3 Å². The van der Waals surface area contributed by atoms with E-state index in [-0.39, 0.29) is 0 Å². The first-order valence-electron chi connectivity index (χ1n) is 5.53. The van der Waals surface area contributed by atoms with Crippen molar-refractivity contribution in [3.05, 3.63) is 36.0 Å². The van der Waals surface area contributed by atoms with E-state index >= 15 is 0 Å². The number of ether oxygens (including phenoxy) is 1. The number of aryl methyl sites for hydroxylation is 1. The zero-order valence-corrected chi connectivity index (χ0v) is 9.97. The quantitative estimate of drug-likeness (QED) is 0.878. The van der Waals surface area contributed by atoms with Crippen molar-refractivity contribution < 1.29 is 4.74 Å². The third-order valence-corrected chi connectivity index (χ3v) is 2.30. The first kappa shape index (κ1) is 11.4. The minimum atomic E-state index is 0.487. The lowest BCUT2D eigenvalue weighted by molar-refractivity contribution is 0.340. The molecule has 2 aromatic rings. The second-order valence-electron chi connectivity index (χ2n) is 3.72.